The number of rotatable bonds is 4. The first-order valence-corrected chi connectivity index (χ1v) is 6.29. The van der Waals surface area contributed by atoms with E-state index in [9.17, 15) is 23.2 Å². The molecular formula is C12H12F2O6. The number of hydrogen-bond donors (Lipinski definition) is 1. The first-order chi connectivity index (χ1) is 9.31. The molecule has 5 unspecified atom stereocenters. The summed E-state index contributed by atoms with van der Waals surface area (Å²) in [5, 5.41) is 8.26. The van der Waals surface area contributed by atoms with E-state index < -0.39 is 42.3 Å². The van der Waals surface area contributed by atoms with Crippen LogP contribution in [0.25, 0.3) is 0 Å². The molecule has 0 aromatic rings. The summed E-state index contributed by atoms with van der Waals surface area (Å²) >= 11 is 0. The average Bonchev–Trinajstić information content (AvgIpc) is 2.96. The molecule has 5 atom stereocenters. The van der Waals surface area contributed by atoms with Crippen LogP contribution in [-0.4, -0.2) is 41.6 Å². The first-order valence-electron chi connectivity index (χ1n) is 6.29. The third kappa shape index (κ3) is 1.77. The zero-order valence-electron chi connectivity index (χ0n) is 10.3. The van der Waals surface area contributed by atoms with Crippen molar-refractivity contribution in [2.75, 3.05) is 6.61 Å². The van der Waals surface area contributed by atoms with Crippen molar-refractivity contribution in [3.8, 4) is 0 Å². The highest BCUT2D eigenvalue weighted by molar-refractivity contribution is 5.86. The summed E-state index contributed by atoms with van der Waals surface area (Å²) < 4.78 is 35.3. The van der Waals surface area contributed by atoms with Crippen molar-refractivity contribution in [1.29, 1.82) is 0 Å². The van der Waals surface area contributed by atoms with Crippen LogP contribution in [-0.2, 0) is 23.9 Å². The Kier molecular flexibility index (Phi) is 2.74. The molecule has 3 aliphatic rings. The lowest BCUT2D eigenvalue weighted by Crippen LogP contribution is -2.39. The lowest BCUT2D eigenvalue weighted by atomic mass is 9.80. The highest BCUT2D eigenvalue weighted by Crippen LogP contribution is 2.57. The molecule has 1 saturated heterocycles. The molecule has 8 heteroatoms. The van der Waals surface area contributed by atoms with Gasteiger partial charge in [0.15, 0.2) is 6.61 Å². The topological polar surface area (TPSA) is 89.9 Å². The smallest absolute Gasteiger partial charge is 0.378 e. The van der Waals surface area contributed by atoms with Gasteiger partial charge in [0.2, 0.25) is 0 Å². The minimum atomic E-state index is -4.12. The Morgan fingerprint density at radius 2 is 2.10 bits per heavy atom. The Labute approximate surface area is 112 Å². The lowest BCUT2D eigenvalue weighted by molar-refractivity contribution is -0.180. The number of carboxylic acid groups (broad SMARTS) is 1. The predicted molar refractivity (Wildman–Crippen MR) is 56.6 cm³/mol. The Hall–Kier alpha value is -1.73. The molecule has 6 nitrogen and oxygen atoms in total. The maximum atomic E-state index is 12.9. The zero-order chi connectivity index (χ0) is 14.7. The van der Waals surface area contributed by atoms with Crippen LogP contribution in [0, 0.1) is 23.7 Å². The number of carbonyl (C=O) groups excluding carboxylic acids is 2. The molecule has 0 aromatic heterocycles. The van der Waals surface area contributed by atoms with Gasteiger partial charge in [-0.2, -0.15) is 8.78 Å². The number of halogens is 2. The number of carbonyl (C=O) groups is 3. The molecule has 0 amide bonds. The molecule has 20 heavy (non-hydrogen) atoms. The van der Waals surface area contributed by atoms with Crippen molar-refractivity contribution < 1.29 is 37.7 Å². The number of hydrogen-bond acceptors (Lipinski definition) is 5. The van der Waals surface area contributed by atoms with Crippen LogP contribution in [0.4, 0.5) is 8.78 Å². The highest BCUT2D eigenvalue weighted by Gasteiger charge is 2.64. The number of ether oxygens (including phenoxy) is 2. The molecule has 0 radical (unpaired) electrons. The molecule has 2 aliphatic carbocycles. The van der Waals surface area contributed by atoms with E-state index in [1.807, 2.05) is 0 Å². The Balaban J connectivity index is 1.67. The fraction of sp³-hybridized carbons (Fsp3) is 0.750. The average molecular weight is 290 g/mol. The summed E-state index contributed by atoms with van der Waals surface area (Å²) in [4.78, 5) is 33.8. The van der Waals surface area contributed by atoms with Crippen molar-refractivity contribution in [2.24, 2.45) is 23.7 Å². The maximum absolute atomic E-state index is 12.9. The number of esters is 2. The van der Waals surface area contributed by atoms with E-state index >= 15 is 0 Å². The molecule has 2 bridgehead atoms. The van der Waals surface area contributed by atoms with Gasteiger partial charge in [0.05, 0.1) is 11.8 Å². The number of fused-ring (bicyclic) bond motifs is 1. The van der Waals surface area contributed by atoms with Gasteiger partial charge in [0.1, 0.15) is 6.10 Å². The van der Waals surface area contributed by atoms with Gasteiger partial charge < -0.3 is 14.6 Å². The standard InChI is InChI=1S/C12H12F2O6/c13-12(14,11(17)18)3-19-9(15)7-4-1-5-6(2-4)20-10(16)8(5)7/h4-8H,1-3H2,(H,17,18). The molecule has 0 spiro atoms. The third-order valence-electron chi connectivity index (χ3n) is 4.46. The zero-order valence-corrected chi connectivity index (χ0v) is 10.3. The fourth-order valence-electron chi connectivity index (χ4n) is 3.64. The molecule has 1 heterocycles. The normalized spacial score (nSPS) is 37.9. The molecule has 1 N–H and O–H groups in total. The van der Waals surface area contributed by atoms with Crippen molar-refractivity contribution >= 4 is 17.9 Å². The van der Waals surface area contributed by atoms with E-state index in [2.05, 4.69) is 4.74 Å². The van der Waals surface area contributed by atoms with E-state index in [1.54, 1.807) is 0 Å². The molecule has 2 saturated carbocycles. The van der Waals surface area contributed by atoms with Crippen LogP contribution < -0.4 is 0 Å². The van der Waals surface area contributed by atoms with Gasteiger partial charge in [0, 0.05) is 5.92 Å². The van der Waals surface area contributed by atoms with Crippen molar-refractivity contribution in [2.45, 2.75) is 24.9 Å². The van der Waals surface area contributed by atoms with Gasteiger partial charge in [-0.05, 0) is 18.8 Å². The number of carboxylic acids is 1. The van der Waals surface area contributed by atoms with Gasteiger partial charge >= 0.3 is 23.8 Å². The molecular weight excluding hydrogens is 278 g/mol. The van der Waals surface area contributed by atoms with Crippen molar-refractivity contribution in [3.63, 3.8) is 0 Å². The second-order valence-corrected chi connectivity index (χ2v) is 5.54. The summed E-state index contributed by atoms with van der Waals surface area (Å²) in [6, 6.07) is 0. The van der Waals surface area contributed by atoms with E-state index in [-0.39, 0.29) is 17.9 Å². The van der Waals surface area contributed by atoms with Crippen molar-refractivity contribution in [3.05, 3.63) is 0 Å². The largest absolute Gasteiger partial charge is 0.477 e. The van der Waals surface area contributed by atoms with Crippen LogP contribution in [0.1, 0.15) is 12.8 Å². The lowest BCUT2D eigenvalue weighted by Gasteiger charge is -2.23. The minimum absolute atomic E-state index is 0.0370. The van der Waals surface area contributed by atoms with Gasteiger partial charge in [-0.3, -0.25) is 9.59 Å². The highest BCUT2D eigenvalue weighted by atomic mass is 19.3. The Bertz CT molecular complexity index is 488. The SMILES string of the molecule is O=C(OCC(F)(F)C(=O)O)C1C2CC3OC(=O)C1C3C2. The minimum Gasteiger partial charge on any atom is -0.477 e. The summed E-state index contributed by atoms with van der Waals surface area (Å²) in [6.45, 7) is -1.51. The van der Waals surface area contributed by atoms with E-state index in [0.29, 0.717) is 12.8 Å². The predicted octanol–water partition coefficient (Wildman–Crippen LogP) is 0.447. The van der Waals surface area contributed by atoms with Crippen LogP contribution in [0.2, 0.25) is 0 Å². The van der Waals surface area contributed by atoms with Gasteiger partial charge in [-0.15, -0.1) is 0 Å². The van der Waals surface area contributed by atoms with Gasteiger partial charge in [0.25, 0.3) is 0 Å². The van der Waals surface area contributed by atoms with Gasteiger partial charge in [-0.25, -0.2) is 4.79 Å². The molecule has 0 aromatic carbocycles. The van der Waals surface area contributed by atoms with E-state index in [0.717, 1.165) is 0 Å². The number of alkyl halides is 2. The van der Waals surface area contributed by atoms with Crippen LogP contribution in [0.15, 0.2) is 0 Å². The third-order valence-corrected chi connectivity index (χ3v) is 4.46. The monoisotopic (exact) mass is 290 g/mol. The second-order valence-electron chi connectivity index (χ2n) is 5.54. The summed E-state index contributed by atoms with van der Waals surface area (Å²) in [6.07, 6.45) is 1.03. The second kappa shape index (κ2) is 4.13. The Morgan fingerprint density at radius 1 is 1.40 bits per heavy atom. The number of aliphatic carboxylic acids is 1. The van der Waals surface area contributed by atoms with Gasteiger partial charge in [-0.1, -0.05) is 0 Å². The quantitative estimate of drug-likeness (QED) is 0.756. The molecule has 3 rings (SSSR count). The maximum Gasteiger partial charge on any atom is 0.378 e. The summed E-state index contributed by atoms with van der Waals surface area (Å²) in [5.74, 6) is -9.42. The summed E-state index contributed by atoms with van der Waals surface area (Å²) in [5.41, 5.74) is 0. The first kappa shape index (κ1) is 13.3. The molecule has 3 fully saturated rings. The Morgan fingerprint density at radius 3 is 2.75 bits per heavy atom. The van der Waals surface area contributed by atoms with E-state index in [1.165, 1.54) is 0 Å². The van der Waals surface area contributed by atoms with Crippen LogP contribution in [0.5, 0.6) is 0 Å². The molecule has 110 valence electrons. The van der Waals surface area contributed by atoms with E-state index in [4.69, 9.17) is 9.84 Å². The molecule has 1 aliphatic heterocycles. The van der Waals surface area contributed by atoms with Crippen molar-refractivity contribution in [1.82, 2.24) is 0 Å². The van der Waals surface area contributed by atoms with Crippen LogP contribution >= 0.6 is 0 Å². The fourth-order valence-corrected chi connectivity index (χ4v) is 3.64. The van der Waals surface area contributed by atoms with Crippen LogP contribution in [0.3, 0.4) is 0 Å². The summed E-state index contributed by atoms with van der Waals surface area (Å²) in [7, 11) is 0.